The Morgan fingerprint density at radius 2 is 1.68 bits per heavy atom. The second-order valence-electron chi connectivity index (χ2n) is 8.19. The van der Waals surface area contributed by atoms with Crippen LogP contribution in [-0.4, -0.2) is 9.78 Å². The molecule has 0 unspecified atom stereocenters. The fourth-order valence-electron chi connectivity index (χ4n) is 3.91. The van der Waals surface area contributed by atoms with Crippen LogP contribution in [0.4, 0.5) is 4.39 Å². The molecule has 3 heteroatoms. The van der Waals surface area contributed by atoms with Gasteiger partial charge in [0.1, 0.15) is 17.0 Å². The van der Waals surface area contributed by atoms with E-state index in [9.17, 15) is 4.39 Å². The van der Waals surface area contributed by atoms with Crippen LogP contribution in [0.3, 0.4) is 0 Å². The molecule has 0 amide bonds. The number of hydrogen-bond donors (Lipinski definition) is 0. The first kappa shape index (κ1) is 16.3. The lowest BCUT2D eigenvalue weighted by Gasteiger charge is -2.19. The Kier molecular flexibility index (Phi) is 3.90. The van der Waals surface area contributed by atoms with E-state index in [0.717, 1.165) is 29.5 Å². The first-order valence-electron chi connectivity index (χ1n) is 9.23. The van der Waals surface area contributed by atoms with E-state index in [1.807, 2.05) is 10.7 Å². The van der Waals surface area contributed by atoms with Crippen LogP contribution in [0.5, 0.6) is 0 Å². The van der Waals surface area contributed by atoms with Gasteiger partial charge >= 0.3 is 0 Å². The van der Waals surface area contributed by atoms with Crippen molar-refractivity contribution in [2.75, 3.05) is 0 Å². The molecule has 25 heavy (non-hydrogen) atoms. The number of rotatable bonds is 2. The van der Waals surface area contributed by atoms with Crippen molar-refractivity contribution in [2.45, 2.75) is 57.9 Å². The van der Waals surface area contributed by atoms with Gasteiger partial charge in [0.15, 0.2) is 0 Å². The highest BCUT2D eigenvalue weighted by Gasteiger charge is 2.24. The summed E-state index contributed by atoms with van der Waals surface area (Å²) in [6, 6.07) is 14.2. The molecule has 0 spiro atoms. The maximum atomic E-state index is 14.6. The molecule has 0 aliphatic heterocycles. The lowest BCUT2D eigenvalue weighted by Crippen LogP contribution is -2.10. The fraction of sp³-hybridized carbons (Fsp3) is 0.409. The molecule has 2 nitrogen and oxygen atoms in total. The molecule has 1 aliphatic rings. The summed E-state index contributed by atoms with van der Waals surface area (Å²) in [4.78, 5) is 0. The van der Waals surface area contributed by atoms with Gasteiger partial charge in [-0.15, -0.1) is 0 Å². The van der Waals surface area contributed by atoms with Crippen molar-refractivity contribution >= 4 is 10.9 Å². The van der Waals surface area contributed by atoms with Gasteiger partial charge in [-0.05, 0) is 29.9 Å². The summed E-state index contributed by atoms with van der Waals surface area (Å²) in [6.45, 7) is 6.63. The van der Waals surface area contributed by atoms with E-state index in [4.69, 9.17) is 5.10 Å². The summed E-state index contributed by atoms with van der Waals surface area (Å²) < 4.78 is 16.5. The molecule has 1 aromatic heterocycles. The molecular formula is C22H25FN2. The average Bonchev–Trinajstić information content (AvgIpc) is 3.22. The highest BCUT2D eigenvalue weighted by molar-refractivity contribution is 5.93. The second kappa shape index (κ2) is 5.98. The third-order valence-electron chi connectivity index (χ3n) is 5.37. The van der Waals surface area contributed by atoms with Crippen LogP contribution in [-0.2, 0) is 5.41 Å². The lowest BCUT2D eigenvalue weighted by atomic mass is 9.86. The van der Waals surface area contributed by atoms with Gasteiger partial charge in [-0.1, -0.05) is 70.0 Å². The minimum atomic E-state index is -0.172. The van der Waals surface area contributed by atoms with Crippen LogP contribution in [0.25, 0.3) is 22.2 Å². The van der Waals surface area contributed by atoms with Crippen molar-refractivity contribution in [3.63, 3.8) is 0 Å². The van der Waals surface area contributed by atoms with Gasteiger partial charge in [-0.25, -0.2) is 4.39 Å². The van der Waals surface area contributed by atoms with E-state index in [-0.39, 0.29) is 11.2 Å². The van der Waals surface area contributed by atoms with Crippen molar-refractivity contribution in [3.8, 4) is 11.3 Å². The average molecular weight is 336 g/mol. The molecule has 1 fully saturated rings. The lowest BCUT2D eigenvalue weighted by molar-refractivity contribution is 0.475. The van der Waals surface area contributed by atoms with Crippen molar-refractivity contribution in [3.05, 3.63) is 53.8 Å². The molecule has 0 atom stereocenters. The van der Waals surface area contributed by atoms with E-state index in [0.29, 0.717) is 11.6 Å². The molecule has 0 N–H and O–H groups in total. The van der Waals surface area contributed by atoms with E-state index >= 15 is 0 Å². The number of para-hydroxylation sites is 1. The third-order valence-corrected chi connectivity index (χ3v) is 5.37. The minimum absolute atomic E-state index is 0.121. The molecule has 130 valence electrons. The summed E-state index contributed by atoms with van der Waals surface area (Å²) in [5.74, 6) is -0.172. The molecule has 1 saturated carbocycles. The first-order valence-corrected chi connectivity index (χ1v) is 9.23. The quantitative estimate of drug-likeness (QED) is 0.540. The first-order chi connectivity index (χ1) is 11.9. The van der Waals surface area contributed by atoms with Gasteiger partial charge in [-0.3, -0.25) is 4.68 Å². The number of benzene rings is 2. The fourth-order valence-corrected chi connectivity index (χ4v) is 3.91. The third kappa shape index (κ3) is 2.86. The SMILES string of the molecule is CC(C)(C)c1ccc(-c2nn(C3CCCC3)c3c(F)cccc23)cc1. The van der Waals surface area contributed by atoms with Crippen molar-refractivity contribution in [1.29, 1.82) is 0 Å². The molecule has 2 aromatic carbocycles. The highest BCUT2D eigenvalue weighted by Crippen LogP contribution is 2.37. The topological polar surface area (TPSA) is 17.8 Å². The Bertz CT molecular complexity index is 894. The van der Waals surface area contributed by atoms with Gasteiger partial charge in [0, 0.05) is 10.9 Å². The van der Waals surface area contributed by atoms with Gasteiger partial charge in [0.25, 0.3) is 0 Å². The van der Waals surface area contributed by atoms with Crippen LogP contribution in [0.15, 0.2) is 42.5 Å². The van der Waals surface area contributed by atoms with Crippen LogP contribution < -0.4 is 0 Å². The zero-order valence-corrected chi connectivity index (χ0v) is 15.2. The van der Waals surface area contributed by atoms with Gasteiger partial charge in [0.05, 0.1) is 6.04 Å². The predicted octanol–water partition coefficient (Wildman–Crippen LogP) is 6.26. The van der Waals surface area contributed by atoms with Crippen molar-refractivity contribution in [2.24, 2.45) is 0 Å². The molecule has 1 heterocycles. The standard InChI is InChI=1S/C22H25FN2/c1-22(2,3)16-13-11-15(12-14-16)20-18-9-6-10-19(23)21(18)25(24-20)17-7-4-5-8-17/h6,9-14,17H,4-5,7-8H2,1-3H3. The van der Waals surface area contributed by atoms with Gasteiger partial charge < -0.3 is 0 Å². The molecular weight excluding hydrogens is 311 g/mol. The minimum Gasteiger partial charge on any atom is -0.258 e. The Hall–Kier alpha value is -2.16. The maximum Gasteiger partial charge on any atom is 0.149 e. The maximum absolute atomic E-state index is 14.6. The number of nitrogens with zero attached hydrogens (tertiary/aromatic N) is 2. The molecule has 0 radical (unpaired) electrons. The molecule has 4 rings (SSSR count). The van der Waals surface area contributed by atoms with Crippen LogP contribution >= 0.6 is 0 Å². The van der Waals surface area contributed by atoms with Crippen LogP contribution in [0.1, 0.15) is 58.1 Å². The van der Waals surface area contributed by atoms with E-state index in [1.54, 1.807) is 12.1 Å². The molecule has 0 bridgehead atoms. The summed E-state index contributed by atoms with van der Waals surface area (Å²) >= 11 is 0. The zero-order chi connectivity index (χ0) is 17.6. The largest absolute Gasteiger partial charge is 0.258 e. The van der Waals surface area contributed by atoms with Crippen LogP contribution in [0, 0.1) is 5.82 Å². The van der Waals surface area contributed by atoms with Crippen molar-refractivity contribution in [1.82, 2.24) is 9.78 Å². The normalized spacial score (nSPS) is 16.0. The highest BCUT2D eigenvalue weighted by atomic mass is 19.1. The number of hydrogen-bond acceptors (Lipinski definition) is 1. The number of halogens is 1. The summed E-state index contributed by atoms with van der Waals surface area (Å²) in [7, 11) is 0. The summed E-state index contributed by atoms with van der Waals surface area (Å²) in [6.07, 6.45) is 4.59. The Morgan fingerprint density at radius 3 is 2.32 bits per heavy atom. The second-order valence-corrected chi connectivity index (χ2v) is 8.19. The van der Waals surface area contributed by atoms with E-state index in [1.165, 1.54) is 18.4 Å². The van der Waals surface area contributed by atoms with Crippen molar-refractivity contribution < 1.29 is 4.39 Å². The van der Waals surface area contributed by atoms with Crippen LogP contribution in [0.2, 0.25) is 0 Å². The zero-order valence-electron chi connectivity index (χ0n) is 15.2. The van der Waals surface area contributed by atoms with Gasteiger partial charge in [-0.2, -0.15) is 5.10 Å². The number of aromatic nitrogens is 2. The van der Waals surface area contributed by atoms with E-state index < -0.39 is 0 Å². The molecule has 3 aromatic rings. The predicted molar refractivity (Wildman–Crippen MR) is 101 cm³/mol. The molecule has 1 aliphatic carbocycles. The number of fused-ring (bicyclic) bond motifs is 1. The Balaban J connectivity index is 1.86. The summed E-state index contributed by atoms with van der Waals surface area (Å²) in [5.41, 5.74) is 4.02. The smallest absolute Gasteiger partial charge is 0.149 e. The summed E-state index contributed by atoms with van der Waals surface area (Å²) in [5, 5.41) is 5.78. The van der Waals surface area contributed by atoms with E-state index in [2.05, 4.69) is 45.0 Å². The van der Waals surface area contributed by atoms with Gasteiger partial charge in [0.2, 0.25) is 0 Å². The molecule has 0 saturated heterocycles. The Morgan fingerprint density at radius 1 is 1.00 bits per heavy atom. The monoisotopic (exact) mass is 336 g/mol. The Labute approximate surface area is 148 Å².